The lowest BCUT2D eigenvalue weighted by Gasteiger charge is -2.22. The Bertz CT molecular complexity index is 1080. The van der Waals surface area contributed by atoms with Gasteiger partial charge in [-0.15, -0.1) is 0 Å². The number of rotatable bonds is 58. The van der Waals surface area contributed by atoms with Crippen LogP contribution in [0, 0.1) is 0 Å². The van der Waals surface area contributed by atoms with E-state index >= 15 is 0 Å². The normalized spacial score (nSPS) is 12.7. The largest absolute Gasteiger partial charge is 0.466 e. The first kappa shape index (κ1) is 67.3. The molecule has 0 aromatic rings. The van der Waals surface area contributed by atoms with Crippen LogP contribution < -0.4 is 5.32 Å². The van der Waals surface area contributed by atoms with Gasteiger partial charge in [-0.1, -0.05) is 276 Å². The monoisotopic (exact) mass is 972 g/mol. The van der Waals surface area contributed by atoms with Crippen LogP contribution in [-0.2, 0) is 14.3 Å². The Balaban J connectivity index is 3.46. The molecule has 1 amide bonds. The van der Waals surface area contributed by atoms with E-state index in [0.717, 1.165) is 57.8 Å². The van der Waals surface area contributed by atoms with Gasteiger partial charge in [0.15, 0.2) is 0 Å². The number of amides is 1. The highest BCUT2D eigenvalue weighted by Crippen LogP contribution is 2.18. The second kappa shape index (κ2) is 58.9. The molecule has 6 nitrogen and oxygen atoms in total. The molecule has 3 N–H and O–H groups in total. The molecule has 6 heteroatoms. The molecule has 69 heavy (non-hydrogen) atoms. The van der Waals surface area contributed by atoms with E-state index in [1.807, 2.05) is 0 Å². The SMILES string of the molecule is CCCCCC/C=C\CCCCCCCC(=O)OCCCCCCCC/C=C\CCCCCCCCCC(=O)NC(CO)C(O)CCCCCCCCCCCCCCCCCCCCCCCC. The Morgan fingerprint density at radius 1 is 0.391 bits per heavy atom. The summed E-state index contributed by atoms with van der Waals surface area (Å²) in [5.74, 6) is -0.0543. The Hall–Kier alpha value is -1.66. The van der Waals surface area contributed by atoms with Crippen molar-refractivity contribution < 1.29 is 24.5 Å². The average molecular weight is 973 g/mol. The highest BCUT2D eigenvalue weighted by molar-refractivity contribution is 5.76. The van der Waals surface area contributed by atoms with Crippen LogP contribution in [0.25, 0.3) is 0 Å². The van der Waals surface area contributed by atoms with Gasteiger partial charge in [0.05, 0.1) is 25.4 Å². The van der Waals surface area contributed by atoms with Gasteiger partial charge < -0.3 is 20.3 Å². The fourth-order valence-electron chi connectivity index (χ4n) is 9.69. The molecule has 0 saturated carbocycles. The summed E-state index contributed by atoms with van der Waals surface area (Å²) in [7, 11) is 0. The summed E-state index contributed by atoms with van der Waals surface area (Å²) in [6.07, 6.45) is 71.8. The van der Waals surface area contributed by atoms with Gasteiger partial charge in [-0.05, 0) is 77.0 Å². The second-order valence-electron chi connectivity index (χ2n) is 21.4. The summed E-state index contributed by atoms with van der Waals surface area (Å²) in [6, 6.07) is -0.552. The van der Waals surface area contributed by atoms with Crippen molar-refractivity contribution in [2.75, 3.05) is 13.2 Å². The van der Waals surface area contributed by atoms with Gasteiger partial charge in [0.2, 0.25) is 5.91 Å². The van der Waals surface area contributed by atoms with Gasteiger partial charge in [-0.2, -0.15) is 0 Å². The number of hydrogen-bond donors (Lipinski definition) is 3. The molecule has 0 aliphatic heterocycles. The molecule has 0 fully saturated rings. The van der Waals surface area contributed by atoms with E-state index in [1.54, 1.807) is 0 Å². The van der Waals surface area contributed by atoms with Crippen molar-refractivity contribution in [3.63, 3.8) is 0 Å². The summed E-state index contributed by atoms with van der Waals surface area (Å²) < 4.78 is 5.46. The zero-order chi connectivity index (χ0) is 50.0. The minimum absolute atomic E-state index is 0.0104. The zero-order valence-corrected chi connectivity index (χ0v) is 46.6. The van der Waals surface area contributed by atoms with Crippen LogP contribution in [0.15, 0.2) is 24.3 Å². The molecule has 408 valence electrons. The predicted molar refractivity (Wildman–Crippen MR) is 301 cm³/mol. The maximum atomic E-state index is 12.5. The zero-order valence-electron chi connectivity index (χ0n) is 46.6. The van der Waals surface area contributed by atoms with Crippen molar-refractivity contribution >= 4 is 11.9 Å². The van der Waals surface area contributed by atoms with Crippen molar-refractivity contribution in [1.82, 2.24) is 5.32 Å². The number of aliphatic hydroxyl groups is 2. The number of unbranched alkanes of at least 4 members (excludes halogenated alkanes) is 43. The van der Waals surface area contributed by atoms with Gasteiger partial charge >= 0.3 is 5.97 Å². The molecule has 0 aromatic heterocycles. The molecular formula is C63H121NO5. The molecule has 0 rings (SSSR count). The van der Waals surface area contributed by atoms with Gasteiger partial charge in [-0.25, -0.2) is 0 Å². The standard InChI is InChI=1S/C63H121NO5/c1-3-5-7-9-11-13-15-17-18-19-20-21-22-23-25-28-32-35-39-43-47-51-55-61(66)60(59-65)64-62(67)56-52-48-44-40-36-33-29-26-24-27-30-34-38-42-46-50-54-58-69-63(68)57-53-49-45-41-37-31-16-14-12-10-8-6-4-2/h14,16,24,27,60-61,65-66H,3-13,15,17-23,25-26,28-59H2,1-2H3,(H,64,67)/b16-14-,27-24-. The number of hydrogen-bond acceptors (Lipinski definition) is 5. The summed E-state index contributed by atoms with van der Waals surface area (Å²) in [5, 5.41) is 23.4. The molecule has 0 aliphatic rings. The van der Waals surface area contributed by atoms with Crippen LogP contribution in [0.2, 0.25) is 0 Å². The first-order valence-electron chi connectivity index (χ1n) is 31.1. The summed E-state index contributed by atoms with van der Waals surface area (Å²) in [5.41, 5.74) is 0. The number of carbonyl (C=O) groups excluding carboxylic acids is 2. The number of aliphatic hydroxyl groups excluding tert-OH is 2. The Labute approximate surface area is 431 Å². The van der Waals surface area contributed by atoms with E-state index in [9.17, 15) is 19.8 Å². The van der Waals surface area contributed by atoms with Crippen LogP contribution in [0.1, 0.15) is 341 Å². The van der Waals surface area contributed by atoms with Gasteiger partial charge in [-0.3, -0.25) is 9.59 Å². The number of esters is 1. The topological polar surface area (TPSA) is 95.9 Å². The lowest BCUT2D eigenvalue weighted by Crippen LogP contribution is -2.45. The van der Waals surface area contributed by atoms with Crippen LogP contribution in [0.4, 0.5) is 0 Å². The number of carbonyl (C=O) groups is 2. The lowest BCUT2D eigenvalue weighted by molar-refractivity contribution is -0.143. The van der Waals surface area contributed by atoms with Crippen molar-refractivity contribution in [3.05, 3.63) is 24.3 Å². The molecule has 0 heterocycles. The van der Waals surface area contributed by atoms with E-state index in [1.165, 1.54) is 250 Å². The van der Waals surface area contributed by atoms with Gasteiger partial charge in [0.1, 0.15) is 0 Å². The minimum Gasteiger partial charge on any atom is -0.466 e. The Morgan fingerprint density at radius 2 is 0.681 bits per heavy atom. The third kappa shape index (κ3) is 55.5. The fourth-order valence-corrected chi connectivity index (χ4v) is 9.69. The fraction of sp³-hybridized carbons (Fsp3) is 0.905. The molecular weight excluding hydrogens is 851 g/mol. The summed E-state index contributed by atoms with van der Waals surface area (Å²) in [6.45, 7) is 4.94. The smallest absolute Gasteiger partial charge is 0.305 e. The molecule has 2 atom stereocenters. The summed E-state index contributed by atoms with van der Waals surface area (Å²) >= 11 is 0. The van der Waals surface area contributed by atoms with E-state index in [0.29, 0.717) is 25.9 Å². The lowest BCUT2D eigenvalue weighted by atomic mass is 10.0. The second-order valence-corrected chi connectivity index (χ2v) is 21.4. The van der Waals surface area contributed by atoms with E-state index in [-0.39, 0.29) is 18.5 Å². The van der Waals surface area contributed by atoms with Crippen LogP contribution in [-0.4, -0.2) is 47.4 Å². The minimum atomic E-state index is -0.673. The highest BCUT2D eigenvalue weighted by Gasteiger charge is 2.20. The summed E-state index contributed by atoms with van der Waals surface area (Å²) in [4.78, 5) is 24.5. The van der Waals surface area contributed by atoms with E-state index in [4.69, 9.17) is 4.74 Å². The van der Waals surface area contributed by atoms with Crippen LogP contribution >= 0.6 is 0 Å². The van der Waals surface area contributed by atoms with E-state index < -0.39 is 12.1 Å². The molecule has 0 aromatic carbocycles. The molecule has 0 spiro atoms. The third-order valence-electron chi connectivity index (χ3n) is 14.5. The van der Waals surface area contributed by atoms with Gasteiger partial charge in [0.25, 0.3) is 0 Å². The molecule has 0 saturated heterocycles. The third-order valence-corrected chi connectivity index (χ3v) is 14.5. The Kier molecular flexibility index (Phi) is 57.5. The van der Waals surface area contributed by atoms with Crippen molar-refractivity contribution in [3.8, 4) is 0 Å². The molecule has 0 radical (unpaired) electrons. The van der Waals surface area contributed by atoms with Gasteiger partial charge in [0, 0.05) is 12.8 Å². The average Bonchev–Trinajstić information content (AvgIpc) is 3.35. The quantitative estimate of drug-likeness (QED) is 0.0321. The van der Waals surface area contributed by atoms with Crippen molar-refractivity contribution in [1.29, 1.82) is 0 Å². The number of nitrogens with one attached hydrogen (secondary N) is 1. The maximum Gasteiger partial charge on any atom is 0.305 e. The number of ether oxygens (including phenoxy) is 1. The first-order valence-corrected chi connectivity index (χ1v) is 31.1. The maximum absolute atomic E-state index is 12.5. The predicted octanol–water partition coefficient (Wildman–Crippen LogP) is 19.4. The molecule has 0 aliphatic carbocycles. The van der Waals surface area contributed by atoms with Crippen molar-refractivity contribution in [2.24, 2.45) is 0 Å². The van der Waals surface area contributed by atoms with E-state index in [2.05, 4.69) is 43.5 Å². The molecule has 0 bridgehead atoms. The highest BCUT2D eigenvalue weighted by atomic mass is 16.5. The molecule has 2 unspecified atom stereocenters. The van der Waals surface area contributed by atoms with Crippen LogP contribution in [0.5, 0.6) is 0 Å². The first-order chi connectivity index (χ1) is 34.0. The Morgan fingerprint density at radius 3 is 1.04 bits per heavy atom. The number of allylic oxidation sites excluding steroid dienone is 4. The van der Waals surface area contributed by atoms with Crippen LogP contribution in [0.3, 0.4) is 0 Å². The van der Waals surface area contributed by atoms with Crippen molar-refractivity contribution in [2.45, 2.75) is 353 Å².